The van der Waals surface area contributed by atoms with Gasteiger partial charge in [-0.15, -0.1) is 11.3 Å². The Balaban J connectivity index is 1.54. The Bertz CT molecular complexity index is 1250. The van der Waals surface area contributed by atoms with Crippen LogP contribution in [0.4, 0.5) is 11.4 Å². The molecule has 1 aliphatic rings. The van der Waals surface area contributed by atoms with Crippen LogP contribution >= 0.6 is 11.3 Å². The lowest BCUT2D eigenvalue weighted by atomic mass is 10.2. The van der Waals surface area contributed by atoms with Gasteiger partial charge in [-0.1, -0.05) is 6.42 Å². The summed E-state index contributed by atoms with van der Waals surface area (Å²) >= 11 is 1.09. The van der Waals surface area contributed by atoms with Gasteiger partial charge in [0.25, 0.3) is 5.56 Å². The van der Waals surface area contributed by atoms with Gasteiger partial charge < -0.3 is 15.4 Å². The number of ether oxygens (including phenoxy) is 1. The number of rotatable bonds is 3. The summed E-state index contributed by atoms with van der Waals surface area (Å²) in [6, 6.07) is 6.29. The number of amides is 2. The molecule has 0 fully saturated rings. The zero-order valence-corrected chi connectivity index (χ0v) is 17.6. The van der Waals surface area contributed by atoms with Gasteiger partial charge in [-0.3, -0.25) is 19.0 Å². The van der Waals surface area contributed by atoms with Crippen LogP contribution in [0.25, 0.3) is 10.9 Å². The zero-order chi connectivity index (χ0) is 22.0. The Hall–Kier alpha value is -3.53. The van der Waals surface area contributed by atoms with E-state index in [2.05, 4.69) is 20.4 Å². The minimum Gasteiger partial charge on any atom is -0.465 e. The third kappa shape index (κ3) is 4.19. The van der Waals surface area contributed by atoms with Crippen molar-refractivity contribution < 1.29 is 19.1 Å². The molecular formula is C21H20N4O5S. The highest BCUT2D eigenvalue weighted by Crippen LogP contribution is 2.23. The van der Waals surface area contributed by atoms with Gasteiger partial charge in [0, 0.05) is 18.7 Å². The average molecular weight is 440 g/mol. The van der Waals surface area contributed by atoms with Crippen molar-refractivity contribution in [3.8, 4) is 0 Å². The van der Waals surface area contributed by atoms with E-state index in [0.717, 1.165) is 42.8 Å². The van der Waals surface area contributed by atoms with Crippen molar-refractivity contribution >= 4 is 51.4 Å². The molecule has 0 bridgehead atoms. The fourth-order valence-corrected chi connectivity index (χ4v) is 4.29. The molecule has 1 aromatic carbocycles. The molecule has 0 atom stereocenters. The number of nitrogens with zero attached hydrogens (tertiary/aromatic N) is 2. The third-order valence-electron chi connectivity index (χ3n) is 5.06. The molecule has 3 aromatic rings. The van der Waals surface area contributed by atoms with Crippen LogP contribution in [0.3, 0.4) is 0 Å². The number of hydrogen-bond acceptors (Lipinski definition) is 7. The molecule has 0 saturated carbocycles. The van der Waals surface area contributed by atoms with E-state index in [0.29, 0.717) is 23.1 Å². The summed E-state index contributed by atoms with van der Waals surface area (Å²) in [5.41, 5.74) is 0.907. The number of thiophene rings is 1. The molecule has 0 unspecified atom stereocenters. The van der Waals surface area contributed by atoms with E-state index in [4.69, 9.17) is 0 Å². The molecule has 0 radical (unpaired) electrons. The number of esters is 1. The van der Waals surface area contributed by atoms with Gasteiger partial charge in [-0.05, 0) is 42.5 Å². The first-order valence-electron chi connectivity index (χ1n) is 9.79. The standard InChI is InChI=1S/C21H20N4O5S/c1-30-21(29)17-15(8-10-31-17)24-19(27)18(26)22-12-6-7-14-13(11-12)20(28)25-9-4-2-3-5-16(25)23-14/h6-8,10-11H,2-5,9H2,1H3,(H,22,26)(H,24,27). The van der Waals surface area contributed by atoms with Crippen molar-refractivity contribution in [1.82, 2.24) is 9.55 Å². The maximum Gasteiger partial charge on any atom is 0.350 e. The first-order chi connectivity index (χ1) is 15.0. The van der Waals surface area contributed by atoms with Crippen LogP contribution in [0.15, 0.2) is 34.4 Å². The number of nitrogens with one attached hydrogen (secondary N) is 2. The molecule has 31 heavy (non-hydrogen) atoms. The van der Waals surface area contributed by atoms with Gasteiger partial charge in [-0.25, -0.2) is 9.78 Å². The topological polar surface area (TPSA) is 119 Å². The van der Waals surface area contributed by atoms with Crippen LogP contribution in [-0.2, 0) is 27.3 Å². The average Bonchev–Trinajstić information content (AvgIpc) is 3.09. The second kappa shape index (κ2) is 8.68. The van der Waals surface area contributed by atoms with Crippen LogP contribution in [-0.4, -0.2) is 34.4 Å². The van der Waals surface area contributed by atoms with Gasteiger partial charge in [0.1, 0.15) is 10.7 Å². The minimum atomic E-state index is -0.944. The second-order valence-corrected chi connectivity index (χ2v) is 8.01. The highest BCUT2D eigenvalue weighted by molar-refractivity contribution is 7.12. The van der Waals surface area contributed by atoms with Gasteiger partial charge in [0.2, 0.25) is 0 Å². The number of aromatic nitrogens is 2. The van der Waals surface area contributed by atoms with Crippen LogP contribution < -0.4 is 16.2 Å². The molecule has 0 aliphatic carbocycles. The molecule has 1 aliphatic heterocycles. The van der Waals surface area contributed by atoms with E-state index in [1.807, 2.05) is 0 Å². The second-order valence-electron chi connectivity index (χ2n) is 7.09. The van der Waals surface area contributed by atoms with Crippen molar-refractivity contribution in [1.29, 1.82) is 0 Å². The quantitative estimate of drug-likeness (QED) is 0.477. The number of aryl methyl sites for hydroxylation is 1. The number of hydrogen-bond donors (Lipinski definition) is 2. The van der Waals surface area contributed by atoms with E-state index in [1.165, 1.54) is 19.2 Å². The molecular weight excluding hydrogens is 420 g/mol. The zero-order valence-electron chi connectivity index (χ0n) is 16.8. The number of carbonyl (C=O) groups is 3. The molecule has 0 saturated heterocycles. The summed E-state index contributed by atoms with van der Waals surface area (Å²) in [5, 5.41) is 6.88. The molecule has 2 amide bonds. The molecule has 0 spiro atoms. The summed E-state index contributed by atoms with van der Waals surface area (Å²) in [4.78, 5) is 54.1. The fraction of sp³-hybridized carbons (Fsp3) is 0.286. The molecule has 160 valence electrons. The monoisotopic (exact) mass is 440 g/mol. The van der Waals surface area contributed by atoms with Gasteiger partial charge in [0.05, 0.1) is 23.7 Å². The van der Waals surface area contributed by atoms with Crippen molar-refractivity contribution in [3.63, 3.8) is 0 Å². The number of benzene rings is 1. The number of fused-ring (bicyclic) bond motifs is 2. The Labute approximate surface area is 181 Å². The Morgan fingerprint density at radius 1 is 1.10 bits per heavy atom. The lowest BCUT2D eigenvalue weighted by molar-refractivity contribution is -0.132. The lowest BCUT2D eigenvalue weighted by Gasteiger charge is -2.11. The molecule has 3 heterocycles. The van der Waals surface area contributed by atoms with Crippen LogP contribution in [0.1, 0.15) is 34.8 Å². The first kappa shape index (κ1) is 20.7. The largest absolute Gasteiger partial charge is 0.465 e. The van der Waals surface area contributed by atoms with Crippen molar-refractivity contribution in [2.24, 2.45) is 0 Å². The minimum absolute atomic E-state index is 0.150. The normalized spacial score (nSPS) is 13.2. The van der Waals surface area contributed by atoms with Gasteiger partial charge in [-0.2, -0.15) is 0 Å². The highest BCUT2D eigenvalue weighted by atomic mass is 32.1. The van der Waals surface area contributed by atoms with Crippen LogP contribution in [0.2, 0.25) is 0 Å². The summed E-state index contributed by atoms with van der Waals surface area (Å²) in [6.07, 6.45) is 3.74. The molecule has 10 heteroatoms. The Morgan fingerprint density at radius 3 is 2.71 bits per heavy atom. The molecule has 9 nitrogen and oxygen atoms in total. The smallest absolute Gasteiger partial charge is 0.350 e. The van der Waals surface area contributed by atoms with E-state index in [9.17, 15) is 19.2 Å². The summed E-state index contributed by atoms with van der Waals surface area (Å²) in [7, 11) is 1.23. The number of methoxy groups -OCH3 is 1. The maximum atomic E-state index is 12.9. The van der Waals surface area contributed by atoms with E-state index >= 15 is 0 Å². The van der Waals surface area contributed by atoms with Crippen LogP contribution in [0, 0.1) is 0 Å². The maximum absolute atomic E-state index is 12.9. The van der Waals surface area contributed by atoms with Gasteiger partial charge in [0.15, 0.2) is 0 Å². The predicted octanol–water partition coefficient (Wildman–Crippen LogP) is 2.55. The van der Waals surface area contributed by atoms with E-state index in [-0.39, 0.29) is 16.1 Å². The van der Waals surface area contributed by atoms with E-state index < -0.39 is 17.8 Å². The Morgan fingerprint density at radius 2 is 1.90 bits per heavy atom. The summed E-state index contributed by atoms with van der Waals surface area (Å²) in [6.45, 7) is 0.624. The first-order valence-corrected chi connectivity index (χ1v) is 10.7. The van der Waals surface area contributed by atoms with Crippen molar-refractivity contribution in [3.05, 3.63) is 50.7 Å². The highest BCUT2D eigenvalue weighted by Gasteiger charge is 2.20. The lowest BCUT2D eigenvalue weighted by Crippen LogP contribution is -2.29. The Kier molecular flexibility index (Phi) is 5.81. The van der Waals surface area contributed by atoms with Crippen LogP contribution in [0.5, 0.6) is 0 Å². The summed E-state index contributed by atoms with van der Waals surface area (Å²) < 4.78 is 6.35. The van der Waals surface area contributed by atoms with E-state index in [1.54, 1.807) is 22.1 Å². The SMILES string of the molecule is COC(=O)c1sccc1NC(=O)C(=O)Nc1ccc2nc3n(c(=O)c2c1)CCCCC3. The predicted molar refractivity (Wildman–Crippen MR) is 116 cm³/mol. The summed E-state index contributed by atoms with van der Waals surface area (Å²) in [5.74, 6) is -1.69. The fourth-order valence-electron chi connectivity index (χ4n) is 3.52. The molecule has 2 aromatic heterocycles. The molecule has 4 rings (SSSR count). The number of anilines is 2. The van der Waals surface area contributed by atoms with Crippen molar-refractivity contribution in [2.75, 3.05) is 17.7 Å². The molecule has 2 N–H and O–H groups in total. The number of carbonyl (C=O) groups excluding carboxylic acids is 3. The van der Waals surface area contributed by atoms with Crippen molar-refractivity contribution in [2.45, 2.75) is 32.2 Å². The van der Waals surface area contributed by atoms with Gasteiger partial charge >= 0.3 is 17.8 Å². The third-order valence-corrected chi connectivity index (χ3v) is 5.96.